The van der Waals surface area contributed by atoms with Gasteiger partial charge in [-0.15, -0.1) is 0 Å². The molecule has 0 saturated heterocycles. The molecule has 0 fully saturated rings. The van der Waals surface area contributed by atoms with E-state index in [0.29, 0.717) is 11.5 Å². The molecule has 0 spiro atoms. The number of carbonyl (C=O) groups excluding carboxylic acids is 1. The number of methoxy groups -OCH3 is 1. The smallest absolute Gasteiger partial charge is 0.339 e. The van der Waals surface area contributed by atoms with Crippen LogP contribution in [0.4, 0.5) is 0 Å². The van der Waals surface area contributed by atoms with Gasteiger partial charge in [0.2, 0.25) is 0 Å². The molecule has 1 aromatic rings. The first-order valence-corrected chi connectivity index (χ1v) is 5.09. The van der Waals surface area contributed by atoms with Crippen LogP contribution in [0.1, 0.15) is 35.6 Å². The van der Waals surface area contributed by atoms with Crippen LogP contribution < -0.4 is 0 Å². The highest BCUT2D eigenvalue weighted by molar-refractivity contribution is 5.90. The van der Waals surface area contributed by atoms with E-state index >= 15 is 0 Å². The second-order valence-electron chi connectivity index (χ2n) is 4.03. The van der Waals surface area contributed by atoms with Gasteiger partial charge in [-0.2, -0.15) is 0 Å². The fourth-order valence-corrected chi connectivity index (χ4v) is 1.47. The van der Waals surface area contributed by atoms with Gasteiger partial charge in [0.1, 0.15) is 0 Å². The molecule has 0 unspecified atom stereocenters. The van der Waals surface area contributed by atoms with Gasteiger partial charge >= 0.3 is 5.97 Å². The number of hydrogen-bond acceptors (Lipinski definition) is 3. The molecule has 1 heterocycles. The predicted molar refractivity (Wildman–Crippen MR) is 58.9 cm³/mol. The Kier molecular flexibility index (Phi) is 3.83. The highest BCUT2D eigenvalue weighted by Crippen LogP contribution is 2.11. The van der Waals surface area contributed by atoms with E-state index in [-0.39, 0.29) is 5.97 Å². The number of nitrogens with zero attached hydrogens (tertiary/aromatic N) is 1. The van der Waals surface area contributed by atoms with E-state index < -0.39 is 0 Å². The minimum Gasteiger partial charge on any atom is -0.465 e. The summed E-state index contributed by atoms with van der Waals surface area (Å²) in [6, 6.07) is 3.67. The molecule has 0 saturated carbocycles. The molecule has 0 N–H and O–H groups in total. The Morgan fingerprint density at radius 2 is 2.13 bits per heavy atom. The van der Waals surface area contributed by atoms with Gasteiger partial charge in [-0.25, -0.2) is 4.79 Å². The first-order valence-electron chi connectivity index (χ1n) is 5.09. The molecule has 1 rings (SSSR count). The molecule has 3 nitrogen and oxygen atoms in total. The van der Waals surface area contributed by atoms with Crippen LogP contribution in [0.3, 0.4) is 0 Å². The van der Waals surface area contributed by atoms with Crippen LogP contribution in [0.2, 0.25) is 0 Å². The lowest BCUT2D eigenvalue weighted by Gasteiger charge is -2.07. The second-order valence-corrected chi connectivity index (χ2v) is 4.03. The Balaban J connectivity index is 2.93. The normalized spacial score (nSPS) is 10.5. The van der Waals surface area contributed by atoms with E-state index in [1.54, 1.807) is 6.07 Å². The quantitative estimate of drug-likeness (QED) is 0.714. The first kappa shape index (κ1) is 11.7. The van der Waals surface area contributed by atoms with Crippen molar-refractivity contribution in [3.63, 3.8) is 0 Å². The van der Waals surface area contributed by atoms with Gasteiger partial charge in [0.25, 0.3) is 0 Å². The Bertz CT molecular complexity index is 359. The molecule has 0 bridgehead atoms. The SMILES string of the molecule is COC(=O)c1ccc(CC(C)C)nc1C. The third-order valence-electron chi connectivity index (χ3n) is 2.17. The minimum absolute atomic E-state index is 0.323. The van der Waals surface area contributed by atoms with Gasteiger partial charge in [0.15, 0.2) is 0 Å². The predicted octanol–water partition coefficient (Wildman–Crippen LogP) is 2.38. The first-order chi connectivity index (χ1) is 7.04. The third-order valence-corrected chi connectivity index (χ3v) is 2.17. The maximum Gasteiger partial charge on any atom is 0.339 e. The standard InChI is InChI=1S/C12H17NO2/c1-8(2)7-10-5-6-11(9(3)13-10)12(14)15-4/h5-6,8H,7H2,1-4H3. The van der Waals surface area contributed by atoms with Gasteiger partial charge in [0.05, 0.1) is 18.4 Å². The number of ether oxygens (including phenoxy) is 1. The molecule has 0 radical (unpaired) electrons. The van der Waals surface area contributed by atoms with Crippen LogP contribution in [0, 0.1) is 12.8 Å². The van der Waals surface area contributed by atoms with E-state index in [9.17, 15) is 4.79 Å². The van der Waals surface area contributed by atoms with Crippen molar-refractivity contribution in [2.75, 3.05) is 7.11 Å². The van der Waals surface area contributed by atoms with E-state index in [1.165, 1.54) is 7.11 Å². The van der Waals surface area contributed by atoms with Crippen LogP contribution in [-0.4, -0.2) is 18.1 Å². The molecule has 0 aliphatic heterocycles. The molecule has 15 heavy (non-hydrogen) atoms. The molecule has 0 atom stereocenters. The molecular weight excluding hydrogens is 190 g/mol. The van der Waals surface area contributed by atoms with Crippen molar-refractivity contribution in [3.05, 3.63) is 29.1 Å². The highest BCUT2D eigenvalue weighted by atomic mass is 16.5. The zero-order chi connectivity index (χ0) is 11.4. The molecule has 0 aromatic carbocycles. The third kappa shape index (κ3) is 3.05. The maximum atomic E-state index is 11.3. The summed E-state index contributed by atoms with van der Waals surface area (Å²) >= 11 is 0. The van der Waals surface area contributed by atoms with Crippen LogP contribution in [-0.2, 0) is 11.2 Å². The fourth-order valence-electron chi connectivity index (χ4n) is 1.47. The molecule has 1 aromatic heterocycles. The summed E-state index contributed by atoms with van der Waals surface area (Å²) in [5, 5.41) is 0. The molecular formula is C12H17NO2. The van der Waals surface area contributed by atoms with Gasteiger partial charge < -0.3 is 4.74 Å². The maximum absolute atomic E-state index is 11.3. The zero-order valence-electron chi connectivity index (χ0n) is 9.70. The lowest BCUT2D eigenvalue weighted by Crippen LogP contribution is -2.07. The number of carbonyl (C=O) groups is 1. The summed E-state index contributed by atoms with van der Waals surface area (Å²) in [4.78, 5) is 15.7. The molecule has 82 valence electrons. The number of pyridine rings is 1. The Labute approximate surface area is 90.5 Å². The lowest BCUT2D eigenvalue weighted by atomic mass is 10.1. The Morgan fingerprint density at radius 1 is 1.47 bits per heavy atom. The van der Waals surface area contributed by atoms with E-state index in [0.717, 1.165) is 17.8 Å². The van der Waals surface area contributed by atoms with Crippen molar-refractivity contribution in [2.45, 2.75) is 27.2 Å². The van der Waals surface area contributed by atoms with E-state index in [2.05, 4.69) is 23.6 Å². The second kappa shape index (κ2) is 4.91. The fraction of sp³-hybridized carbons (Fsp3) is 0.500. The molecule has 3 heteroatoms. The van der Waals surface area contributed by atoms with Crippen LogP contribution in [0.25, 0.3) is 0 Å². The van der Waals surface area contributed by atoms with Gasteiger partial charge in [-0.1, -0.05) is 13.8 Å². The average Bonchev–Trinajstić information content (AvgIpc) is 2.16. The number of hydrogen-bond donors (Lipinski definition) is 0. The number of aromatic nitrogens is 1. The van der Waals surface area contributed by atoms with Crippen molar-refractivity contribution >= 4 is 5.97 Å². The lowest BCUT2D eigenvalue weighted by molar-refractivity contribution is 0.0599. The van der Waals surface area contributed by atoms with Crippen molar-refractivity contribution in [1.82, 2.24) is 4.98 Å². The van der Waals surface area contributed by atoms with Gasteiger partial charge in [-0.3, -0.25) is 4.98 Å². The average molecular weight is 207 g/mol. The molecule has 0 amide bonds. The van der Waals surface area contributed by atoms with Crippen LogP contribution in [0.5, 0.6) is 0 Å². The van der Waals surface area contributed by atoms with Crippen molar-refractivity contribution < 1.29 is 9.53 Å². The summed E-state index contributed by atoms with van der Waals surface area (Å²) in [5.41, 5.74) is 2.31. The Hall–Kier alpha value is -1.38. The molecule has 0 aliphatic rings. The highest BCUT2D eigenvalue weighted by Gasteiger charge is 2.10. The molecule has 0 aliphatic carbocycles. The minimum atomic E-state index is -0.323. The van der Waals surface area contributed by atoms with Crippen LogP contribution >= 0.6 is 0 Å². The Morgan fingerprint density at radius 3 is 2.60 bits per heavy atom. The monoisotopic (exact) mass is 207 g/mol. The van der Waals surface area contributed by atoms with Crippen molar-refractivity contribution in [3.8, 4) is 0 Å². The number of esters is 1. The zero-order valence-corrected chi connectivity index (χ0v) is 9.70. The summed E-state index contributed by atoms with van der Waals surface area (Å²) in [7, 11) is 1.38. The van der Waals surface area contributed by atoms with Crippen molar-refractivity contribution in [2.24, 2.45) is 5.92 Å². The summed E-state index contributed by atoms with van der Waals surface area (Å²) in [5.74, 6) is 0.247. The summed E-state index contributed by atoms with van der Waals surface area (Å²) in [6.45, 7) is 6.12. The van der Waals surface area contributed by atoms with E-state index in [4.69, 9.17) is 0 Å². The van der Waals surface area contributed by atoms with Crippen LogP contribution in [0.15, 0.2) is 12.1 Å². The van der Waals surface area contributed by atoms with Gasteiger partial charge in [0, 0.05) is 5.69 Å². The number of aryl methyl sites for hydroxylation is 1. The number of rotatable bonds is 3. The largest absolute Gasteiger partial charge is 0.465 e. The topological polar surface area (TPSA) is 39.2 Å². The van der Waals surface area contributed by atoms with Gasteiger partial charge in [-0.05, 0) is 31.4 Å². The summed E-state index contributed by atoms with van der Waals surface area (Å²) < 4.78 is 4.66. The summed E-state index contributed by atoms with van der Waals surface area (Å²) in [6.07, 6.45) is 0.933. The van der Waals surface area contributed by atoms with Crippen molar-refractivity contribution in [1.29, 1.82) is 0 Å². The van der Waals surface area contributed by atoms with E-state index in [1.807, 2.05) is 13.0 Å².